The van der Waals surface area contributed by atoms with Crippen molar-refractivity contribution in [2.24, 2.45) is 0 Å². The van der Waals surface area contributed by atoms with Crippen LogP contribution in [-0.2, 0) is 9.53 Å². The average molecular weight is 381 g/mol. The molecule has 28 heavy (non-hydrogen) atoms. The largest absolute Gasteiger partial charge is 0.436 e. The molecule has 2 aromatic heterocycles. The number of anilines is 2. The van der Waals surface area contributed by atoms with Gasteiger partial charge in [0.25, 0.3) is 0 Å². The van der Waals surface area contributed by atoms with Crippen LogP contribution in [0.4, 0.5) is 11.5 Å². The third-order valence-corrected chi connectivity index (χ3v) is 4.95. The van der Waals surface area contributed by atoms with E-state index in [-0.39, 0.29) is 5.91 Å². The van der Waals surface area contributed by atoms with Gasteiger partial charge in [-0.3, -0.25) is 4.79 Å². The van der Waals surface area contributed by atoms with Crippen LogP contribution in [0, 0.1) is 0 Å². The second kappa shape index (κ2) is 7.85. The summed E-state index contributed by atoms with van der Waals surface area (Å²) in [4.78, 5) is 25.1. The first kappa shape index (κ1) is 18.2. The predicted octanol–water partition coefficient (Wildman–Crippen LogP) is 2.16. The van der Waals surface area contributed by atoms with Crippen LogP contribution in [0.5, 0.6) is 0 Å². The molecule has 0 bridgehead atoms. The molecule has 0 aliphatic carbocycles. The molecular weight excluding hydrogens is 358 g/mol. The Morgan fingerprint density at radius 1 is 1.25 bits per heavy atom. The first-order chi connectivity index (χ1) is 13.7. The summed E-state index contributed by atoms with van der Waals surface area (Å²) in [5, 5.41) is 0. The third kappa shape index (κ3) is 3.63. The molecule has 1 fully saturated rings. The molecule has 4 rings (SSSR count). The normalized spacial score (nSPS) is 14.6. The standard InChI is InChI=1S/C20H23N5O3/c1-27-11-6-18(26)25-9-7-24(8-10-25)14-12-15(19(21)22-13-14)20-23-16-4-2-3-5-17(16)28-20/h2-5,12-13H,6-11H2,1H3,(H2,21,22). The number of methoxy groups -OCH3 is 1. The van der Waals surface area contributed by atoms with E-state index in [0.29, 0.717) is 49.0 Å². The number of piperazine rings is 1. The number of nitrogen functional groups attached to an aromatic ring is 1. The molecule has 1 aromatic carbocycles. The van der Waals surface area contributed by atoms with Crippen LogP contribution in [0.2, 0.25) is 0 Å². The Morgan fingerprint density at radius 3 is 2.79 bits per heavy atom. The summed E-state index contributed by atoms with van der Waals surface area (Å²) in [5.41, 5.74) is 9.20. The summed E-state index contributed by atoms with van der Waals surface area (Å²) in [6.07, 6.45) is 2.17. The number of rotatable bonds is 5. The Hall–Kier alpha value is -3.13. The van der Waals surface area contributed by atoms with Crippen LogP contribution >= 0.6 is 0 Å². The van der Waals surface area contributed by atoms with E-state index in [1.165, 1.54) is 0 Å². The van der Waals surface area contributed by atoms with Gasteiger partial charge in [0.2, 0.25) is 11.8 Å². The fourth-order valence-electron chi connectivity index (χ4n) is 3.36. The molecule has 1 amide bonds. The van der Waals surface area contributed by atoms with Crippen LogP contribution in [-0.4, -0.2) is 60.7 Å². The molecule has 1 saturated heterocycles. The summed E-state index contributed by atoms with van der Waals surface area (Å²) < 4.78 is 10.8. The second-order valence-electron chi connectivity index (χ2n) is 6.72. The number of hydrogen-bond donors (Lipinski definition) is 1. The number of aromatic nitrogens is 2. The number of nitrogens with zero attached hydrogens (tertiary/aromatic N) is 4. The van der Waals surface area contributed by atoms with Gasteiger partial charge in [0, 0.05) is 33.3 Å². The van der Waals surface area contributed by atoms with Gasteiger partial charge in [0.15, 0.2) is 5.58 Å². The molecule has 3 aromatic rings. The SMILES string of the molecule is COCCC(=O)N1CCN(c2cnc(N)c(-c3nc4ccccc4o3)c2)CC1. The van der Waals surface area contributed by atoms with Crippen LogP contribution in [0.25, 0.3) is 22.6 Å². The molecule has 1 aliphatic rings. The fourth-order valence-corrected chi connectivity index (χ4v) is 3.36. The number of hydrogen-bond acceptors (Lipinski definition) is 7. The zero-order chi connectivity index (χ0) is 19.5. The molecule has 8 nitrogen and oxygen atoms in total. The quantitative estimate of drug-likeness (QED) is 0.723. The highest BCUT2D eigenvalue weighted by Gasteiger charge is 2.22. The van der Waals surface area contributed by atoms with E-state index < -0.39 is 0 Å². The van der Waals surface area contributed by atoms with E-state index in [1.807, 2.05) is 35.2 Å². The number of benzene rings is 1. The Kier molecular flexibility index (Phi) is 5.12. The molecule has 8 heteroatoms. The van der Waals surface area contributed by atoms with Crippen molar-refractivity contribution >= 4 is 28.5 Å². The van der Waals surface area contributed by atoms with Gasteiger partial charge in [-0.15, -0.1) is 0 Å². The van der Waals surface area contributed by atoms with E-state index in [1.54, 1.807) is 13.3 Å². The monoisotopic (exact) mass is 381 g/mol. The number of amides is 1. The summed E-state index contributed by atoms with van der Waals surface area (Å²) in [6, 6.07) is 9.55. The minimum atomic E-state index is 0.129. The van der Waals surface area contributed by atoms with Gasteiger partial charge in [0.1, 0.15) is 11.3 Å². The highest BCUT2D eigenvalue weighted by atomic mass is 16.5. The van der Waals surface area contributed by atoms with Gasteiger partial charge in [0.05, 0.1) is 30.5 Å². The van der Waals surface area contributed by atoms with Crippen molar-refractivity contribution in [3.63, 3.8) is 0 Å². The number of pyridine rings is 1. The molecule has 0 radical (unpaired) electrons. The Balaban J connectivity index is 1.51. The fraction of sp³-hybridized carbons (Fsp3) is 0.350. The summed E-state index contributed by atoms with van der Waals surface area (Å²) in [7, 11) is 1.60. The highest BCUT2D eigenvalue weighted by Crippen LogP contribution is 2.30. The number of nitrogens with two attached hydrogens (primary N) is 1. The molecule has 0 spiro atoms. The molecule has 0 unspecified atom stereocenters. The van der Waals surface area contributed by atoms with Crippen LogP contribution < -0.4 is 10.6 Å². The van der Waals surface area contributed by atoms with Crippen molar-refractivity contribution in [2.45, 2.75) is 6.42 Å². The number of ether oxygens (including phenoxy) is 1. The lowest BCUT2D eigenvalue weighted by Gasteiger charge is -2.36. The van der Waals surface area contributed by atoms with Gasteiger partial charge >= 0.3 is 0 Å². The third-order valence-electron chi connectivity index (χ3n) is 4.95. The van der Waals surface area contributed by atoms with Gasteiger partial charge in [-0.25, -0.2) is 9.97 Å². The number of oxazole rings is 1. The van der Waals surface area contributed by atoms with Crippen molar-refractivity contribution in [1.82, 2.24) is 14.9 Å². The highest BCUT2D eigenvalue weighted by molar-refractivity contribution is 5.80. The first-order valence-electron chi connectivity index (χ1n) is 9.29. The smallest absolute Gasteiger partial charge is 0.231 e. The van der Waals surface area contributed by atoms with Gasteiger partial charge in [-0.1, -0.05) is 12.1 Å². The number of carbonyl (C=O) groups is 1. The van der Waals surface area contributed by atoms with Crippen LogP contribution in [0.15, 0.2) is 40.9 Å². The number of carbonyl (C=O) groups excluding carboxylic acids is 1. The maximum Gasteiger partial charge on any atom is 0.231 e. The van der Waals surface area contributed by atoms with Crippen molar-refractivity contribution in [3.05, 3.63) is 36.5 Å². The molecule has 0 saturated carbocycles. The molecule has 0 atom stereocenters. The van der Waals surface area contributed by atoms with Gasteiger partial charge in [-0.05, 0) is 18.2 Å². The minimum Gasteiger partial charge on any atom is -0.436 e. The molecule has 146 valence electrons. The molecule has 1 aliphatic heterocycles. The van der Waals surface area contributed by atoms with Crippen molar-refractivity contribution in [2.75, 3.05) is 50.5 Å². The lowest BCUT2D eigenvalue weighted by atomic mass is 10.2. The summed E-state index contributed by atoms with van der Waals surface area (Å²) >= 11 is 0. The Morgan fingerprint density at radius 2 is 2.04 bits per heavy atom. The second-order valence-corrected chi connectivity index (χ2v) is 6.72. The number of para-hydroxylation sites is 2. The van der Waals surface area contributed by atoms with Crippen LogP contribution in [0.3, 0.4) is 0 Å². The predicted molar refractivity (Wildman–Crippen MR) is 107 cm³/mol. The minimum absolute atomic E-state index is 0.129. The van der Waals surface area contributed by atoms with Crippen molar-refractivity contribution < 1.29 is 13.9 Å². The van der Waals surface area contributed by atoms with E-state index in [0.717, 1.165) is 24.3 Å². The molecule has 3 heterocycles. The molecule has 2 N–H and O–H groups in total. The Labute approximate surface area is 162 Å². The lowest BCUT2D eigenvalue weighted by Crippen LogP contribution is -2.49. The lowest BCUT2D eigenvalue weighted by molar-refractivity contribution is -0.132. The Bertz CT molecular complexity index is 946. The van der Waals surface area contributed by atoms with Gasteiger partial charge < -0.3 is 24.7 Å². The number of fused-ring (bicyclic) bond motifs is 1. The zero-order valence-corrected chi connectivity index (χ0v) is 15.8. The molecular formula is C20H23N5O3. The van der Waals surface area contributed by atoms with Gasteiger partial charge in [-0.2, -0.15) is 0 Å². The van der Waals surface area contributed by atoms with E-state index >= 15 is 0 Å². The van der Waals surface area contributed by atoms with Crippen molar-refractivity contribution in [1.29, 1.82) is 0 Å². The van der Waals surface area contributed by atoms with E-state index in [4.69, 9.17) is 14.9 Å². The van der Waals surface area contributed by atoms with Crippen LogP contribution in [0.1, 0.15) is 6.42 Å². The summed E-state index contributed by atoms with van der Waals surface area (Å²) in [5.74, 6) is 0.967. The average Bonchev–Trinajstić information content (AvgIpc) is 3.16. The first-order valence-corrected chi connectivity index (χ1v) is 9.29. The van der Waals surface area contributed by atoms with Crippen molar-refractivity contribution in [3.8, 4) is 11.5 Å². The van der Waals surface area contributed by atoms with E-state index in [2.05, 4.69) is 14.9 Å². The zero-order valence-electron chi connectivity index (χ0n) is 15.8. The van der Waals surface area contributed by atoms with E-state index in [9.17, 15) is 4.79 Å². The topological polar surface area (TPSA) is 97.7 Å². The maximum atomic E-state index is 12.1. The maximum absolute atomic E-state index is 12.1. The summed E-state index contributed by atoms with van der Waals surface area (Å²) in [6.45, 7) is 3.26.